The van der Waals surface area contributed by atoms with E-state index in [1.165, 1.54) is 24.9 Å². The Morgan fingerprint density at radius 1 is 0.952 bits per heavy atom. The lowest BCUT2D eigenvalue weighted by molar-refractivity contribution is 0.114. The smallest absolute Gasteiger partial charge is 0.343 e. The second kappa shape index (κ2) is 12.1. The number of amides is 2. The largest absolute Gasteiger partial charge is 0.497 e. The van der Waals surface area contributed by atoms with E-state index in [1.807, 2.05) is 0 Å². The van der Waals surface area contributed by atoms with Gasteiger partial charge in [-0.25, -0.2) is 28.4 Å². The van der Waals surface area contributed by atoms with Gasteiger partial charge in [0.1, 0.15) is 22.2 Å². The lowest BCUT2D eigenvalue weighted by atomic mass is 10.1. The molecular weight excluding hydrogens is 590 g/mol. The van der Waals surface area contributed by atoms with E-state index in [9.17, 15) is 23.2 Å². The number of benzene rings is 3. The number of nitrogens with one attached hydrogen (secondary N) is 2. The zero-order valence-electron chi connectivity index (χ0n) is 22.2. The fourth-order valence-electron chi connectivity index (χ4n) is 4.52. The van der Waals surface area contributed by atoms with Crippen LogP contribution in [0.3, 0.4) is 0 Å². The highest BCUT2D eigenvalue weighted by molar-refractivity contribution is 7.22. The number of carbonyl (C=O) groups is 1. The summed E-state index contributed by atoms with van der Waals surface area (Å²) in [6, 6.07) is 15.9. The van der Waals surface area contributed by atoms with Gasteiger partial charge in [-0.1, -0.05) is 18.2 Å². The number of nitrogens with zero attached hydrogens (tertiary/aromatic N) is 2. The van der Waals surface area contributed by atoms with E-state index in [-0.39, 0.29) is 27.3 Å². The number of hydroxylamine groups is 1. The van der Waals surface area contributed by atoms with Gasteiger partial charge in [0, 0.05) is 27.6 Å². The quantitative estimate of drug-likeness (QED) is 0.174. The maximum Gasteiger partial charge on any atom is 0.343 e. The standard InChI is InChI=1S/C29H23ClF2N4O5S/c1-40-19-12-10-18(11-13-19)36-26(37)24-20(14-30)25(16-6-8-17(9-7-16)33-28(38)34-41-2)42-27(24)35(29(36)39)15-21-22(31)4-3-5-23(21)32/h3-13H,14-15H2,1-2H3,(H2,33,34,38). The molecule has 0 saturated carbocycles. The first kappa shape index (κ1) is 29.0. The summed E-state index contributed by atoms with van der Waals surface area (Å²) < 4.78 is 36.8. The van der Waals surface area contributed by atoms with E-state index >= 15 is 0 Å². The van der Waals surface area contributed by atoms with E-state index in [0.717, 1.165) is 28.0 Å². The highest BCUT2D eigenvalue weighted by Gasteiger charge is 2.24. The molecule has 0 saturated heterocycles. The molecule has 2 aromatic heterocycles. The number of hydrogen-bond acceptors (Lipinski definition) is 6. The fraction of sp³-hybridized carbons (Fsp3) is 0.138. The summed E-state index contributed by atoms with van der Waals surface area (Å²) in [6.07, 6.45) is 0. The number of halogens is 3. The maximum absolute atomic E-state index is 14.7. The van der Waals surface area contributed by atoms with E-state index in [0.29, 0.717) is 27.4 Å². The van der Waals surface area contributed by atoms with Crippen molar-refractivity contribution in [1.82, 2.24) is 14.6 Å². The summed E-state index contributed by atoms with van der Waals surface area (Å²) in [6.45, 7) is -0.469. The van der Waals surface area contributed by atoms with Gasteiger partial charge in [-0.2, -0.15) is 0 Å². The fourth-order valence-corrected chi connectivity index (χ4v) is 6.18. The minimum atomic E-state index is -0.827. The van der Waals surface area contributed by atoms with Crippen LogP contribution in [0.2, 0.25) is 0 Å². The molecule has 2 amide bonds. The summed E-state index contributed by atoms with van der Waals surface area (Å²) in [5.41, 5.74) is 2.23. The Morgan fingerprint density at radius 2 is 1.62 bits per heavy atom. The molecule has 0 bridgehead atoms. The number of fused-ring (bicyclic) bond motifs is 1. The van der Waals surface area contributed by atoms with Crippen molar-refractivity contribution >= 4 is 44.9 Å². The molecule has 13 heteroatoms. The maximum atomic E-state index is 14.7. The summed E-state index contributed by atoms with van der Waals surface area (Å²) in [7, 11) is 2.79. The molecule has 3 aromatic carbocycles. The van der Waals surface area contributed by atoms with E-state index in [4.69, 9.17) is 16.3 Å². The molecule has 5 aromatic rings. The van der Waals surface area contributed by atoms with Crippen molar-refractivity contribution < 1.29 is 23.1 Å². The molecule has 2 heterocycles. The van der Waals surface area contributed by atoms with Crippen molar-refractivity contribution in [2.75, 3.05) is 19.5 Å². The number of ether oxygens (including phenoxy) is 1. The predicted molar refractivity (Wildman–Crippen MR) is 158 cm³/mol. The topological polar surface area (TPSA) is 104 Å². The summed E-state index contributed by atoms with van der Waals surface area (Å²) >= 11 is 7.51. The van der Waals surface area contributed by atoms with Crippen LogP contribution in [0.1, 0.15) is 11.1 Å². The molecule has 0 aliphatic carbocycles. The molecule has 0 spiro atoms. The van der Waals surface area contributed by atoms with Crippen molar-refractivity contribution in [3.05, 3.63) is 110 Å². The molecule has 0 atom stereocenters. The number of alkyl halides is 1. The van der Waals surface area contributed by atoms with Gasteiger partial charge >= 0.3 is 11.7 Å². The number of hydrogen-bond donors (Lipinski definition) is 2. The highest BCUT2D eigenvalue weighted by atomic mass is 35.5. The molecule has 0 aliphatic heterocycles. The molecule has 0 fully saturated rings. The van der Waals surface area contributed by atoms with Gasteiger partial charge < -0.3 is 10.1 Å². The monoisotopic (exact) mass is 612 g/mol. The van der Waals surface area contributed by atoms with Crippen molar-refractivity contribution in [2.24, 2.45) is 0 Å². The van der Waals surface area contributed by atoms with Gasteiger partial charge in [0.2, 0.25) is 0 Å². The number of aromatic nitrogens is 2. The summed E-state index contributed by atoms with van der Waals surface area (Å²) in [5, 5.41) is 2.75. The minimum absolute atomic E-state index is 0.0876. The van der Waals surface area contributed by atoms with Crippen molar-refractivity contribution in [3.8, 4) is 21.9 Å². The SMILES string of the molecule is CONC(=O)Nc1ccc(-c2sc3c(c2CCl)c(=O)n(-c2ccc(OC)cc2)c(=O)n3Cc2c(F)cccc2F)cc1. The van der Waals surface area contributed by atoms with Crippen LogP contribution >= 0.6 is 22.9 Å². The number of urea groups is 1. The van der Waals surface area contributed by atoms with Crippen LogP contribution in [0.4, 0.5) is 19.3 Å². The van der Waals surface area contributed by atoms with Crippen molar-refractivity contribution in [1.29, 1.82) is 0 Å². The molecule has 0 radical (unpaired) electrons. The van der Waals surface area contributed by atoms with Crippen molar-refractivity contribution in [2.45, 2.75) is 12.4 Å². The van der Waals surface area contributed by atoms with E-state index in [2.05, 4.69) is 15.6 Å². The van der Waals surface area contributed by atoms with Crippen LogP contribution in [0.15, 0.2) is 76.3 Å². The average molecular weight is 613 g/mol. The van der Waals surface area contributed by atoms with Gasteiger partial charge in [0.05, 0.1) is 31.8 Å². The molecule has 9 nitrogen and oxygen atoms in total. The Kier molecular flexibility index (Phi) is 8.39. The average Bonchev–Trinajstić information content (AvgIpc) is 3.37. The molecule has 42 heavy (non-hydrogen) atoms. The van der Waals surface area contributed by atoms with Crippen molar-refractivity contribution in [3.63, 3.8) is 0 Å². The van der Waals surface area contributed by atoms with Gasteiger partial charge in [0.25, 0.3) is 5.56 Å². The Bertz CT molecular complexity index is 1880. The van der Waals surface area contributed by atoms with Gasteiger partial charge in [-0.05, 0) is 54.1 Å². The Labute approximate surface area is 246 Å². The van der Waals surface area contributed by atoms with E-state index in [1.54, 1.807) is 48.5 Å². The summed E-state index contributed by atoms with van der Waals surface area (Å²) in [5.74, 6) is -1.23. The van der Waals surface area contributed by atoms with Crippen LogP contribution in [0.5, 0.6) is 5.75 Å². The van der Waals surface area contributed by atoms with E-state index < -0.39 is 35.5 Å². The molecule has 0 unspecified atom stereocenters. The first-order valence-corrected chi connectivity index (χ1v) is 13.8. The summed E-state index contributed by atoms with van der Waals surface area (Å²) in [4.78, 5) is 45.0. The second-order valence-corrected chi connectivity index (χ2v) is 10.2. The number of carbonyl (C=O) groups excluding carboxylic acids is 1. The first-order chi connectivity index (χ1) is 20.3. The molecule has 2 N–H and O–H groups in total. The lowest BCUT2D eigenvalue weighted by Gasteiger charge is -2.14. The van der Waals surface area contributed by atoms with Crippen LogP contribution in [0.25, 0.3) is 26.3 Å². The number of thiophene rings is 1. The normalized spacial score (nSPS) is 11.1. The lowest BCUT2D eigenvalue weighted by Crippen LogP contribution is -2.39. The van der Waals surface area contributed by atoms with Gasteiger partial charge in [0.15, 0.2) is 0 Å². The minimum Gasteiger partial charge on any atom is -0.497 e. The highest BCUT2D eigenvalue weighted by Crippen LogP contribution is 2.38. The zero-order valence-corrected chi connectivity index (χ0v) is 23.8. The molecule has 0 aliphatic rings. The number of anilines is 1. The molecule has 5 rings (SSSR count). The third kappa shape index (κ3) is 5.39. The van der Waals surface area contributed by atoms with Gasteiger partial charge in [-0.15, -0.1) is 22.9 Å². The third-order valence-corrected chi connectivity index (χ3v) is 8.09. The van der Waals surface area contributed by atoms with Crippen LogP contribution in [-0.4, -0.2) is 29.4 Å². The zero-order chi connectivity index (χ0) is 30.0. The first-order valence-electron chi connectivity index (χ1n) is 12.4. The van der Waals surface area contributed by atoms with Gasteiger partial charge in [-0.3, -0.25) is 14.2 Å². The van der Waals surface area contributed by atoms with Crippen LogP contribution < -0.4 is 26.8 Å². The third-order valence-electron chi connectivity index (χ3n) is 6.51. The number of methoxy groups -OCH3 is 1. The Balaban J connectivity index is 1.75. The second-order valence-electron chi connectivity index (χ2n) is 8.97. The Hall–Kier alpha value is -4.52. The molecule has 216 valence electrons. The Morgan fingerprint density at radius 3 is 2.21 bits per heavy atom. The predicted octanol–water partition coefficient (Wildman–Crippen LogP) is 5.64. The number of rotatable bonds is 8. The molecular formula is C29H23ClF2N4O5S. The van der Waals surface area contributed by atoms with Crippen LogP contribution in [-0.2, 0) is 17.3 Å². The van der Waals surface area contributed by atoms with Crippen LogP contribution in [0, 0.1) is 11.6 Å².